The van der Waals surface area contributed by atoms with Crippen LogP contribution in [-0.4, -0.2) is 36.0 Å². The molecule has 0 N–H and O–H groups in total. The lowest BCUT2D eigenvalue weighted by molar-refractivity contribution is -0.140. The van der Waals surface area contributed by atoms with Gasteiger partial charge in [0.05, 0.1) is 12.7 Å². The highest BCUT2D eigenvalue weighted by molar-refractivity contribution is 5.91. The summed E-state index contributed by atoms with van der Waals surface area (Å²) in [6.07, 6.45) is 0. The van der Waals surface area contributed by atoms with E-state index in [1.54, 1.807) is 29.2 Å². The summed E-state index contributed by atoms with van der Waals surface area (Å²) in [6.45, 7) is 6.02. The van der Waals surface area contributed by atoms with Crippen LogP contribution in [0.15, 0.2) is 54.6 Å². The van der Waals surface area contributed by atoms with Gasteiger partial charge in [-0.3, -0.25) is 4.79 Å². The molecule has 0 atom stereocenters. The highest BCUT2D eigenvalue weighted by atomic mass is 16.5. The van der Waals surface area contributed by atoms with Crippen molar-refractivity contribution in [1.82, 2.24) is 4.90 Å². The van der Waals surface area contributed by atoms with Crippen molar-refractivity contribution in [3.8, 4) is 5.75 Å². The lowest BCUT2D eigenvalue weighted by Gasteiger charge is -2.35. The van der Waals surface area contributed by atoms with Gasteiger partial charge in [-0.2, -0.15) is 0 Å². The Hall–Kier alpha value is -2.82. The highest BCUT2D eigenvalue weighted by Crippen LogP contribution is 2.18. The van der Waals surface area contributed by atoms with E-state index in [0.29, 0.717) is 17.9 Å². The number of nitrogens with zero attached hydrogens (tertiary/aromatic N) is 1. The van der Waals surface area contributed by atoms with Crippen LogP contribution in [0.3, 0.4) is 0 Å². The number of hydrogen-bond donors (Lipinski definition) is 0. The van der Waals surface area contributed by atoms with Crippen LogP contribution in [-0.2, 0) is 16.1 Å². The first kappa shape index (κ1) is 19.5. The SMILES string of the molecule is COc1cccc(C(=O)OCC(=O)N(Cc2ccccc2)C(C)(C)C)c1. The summed E-state index contributed by atoms with van der Waals surface area (Å²) in [4.78, 5) is 26.6. The summed E-state index contributed by atoms with van der Waals surface area (Å²) in [5, 5.41) is 0. The third kappa shape index (κ3) is 5.34. The van der Waals surface area contributed by atoms with Gasteiger partial charge in [0.2, 0.25) is 0 Å². The first-order valence-electron chi connectivity index (χ1n) is 8.47. The van der Waals surface area contributed by atoms with Crippen LogP contribution in [0.2, 0.25) is 0 Å². The molecule has 0 spiro atoms. The zero-order valence-corrected chi connectivity index (χ0v) is 15.7. The topological polar surface area (TPSA) is 55.8 Å². The molecular weight excluding hydrogens is 330 g/mol. The lowest BCUT2D eigenvalue weighted by Crippen LogP contribution is -2.46. The normalized spacial score (nSPS) is 10.9. The summed E-state index contributed by atoms with van der Waals surface area (Å²) in [6, 6.07) is 16.4. The molecule has 0 aliphatic carbocycles. The maximum Gasteiger partial charge on any atom is 0.338 e. The van der Waals surface area contributed by atoms with Crippen LogP contribution in [0.1, 0.15) is 36.7 Å². The first-order valence-corrected chi connectivity index (χ1v) is 8.47. The maximum absolute atomic E-state index is 12.7. The average molecular weight is 355 g/mol. The molecule has 0 unspecified atom stereocenters. The first-order chi connectivity index (χ1) is 12.3. The van der Waals surface area contributed by atoms with Gasteiger partial charge in [0.1, 0.15) is 5.75 Å². The lowest BCUT2D eigenvalue weighted by atomic mass is 10.0. The van der Waals surface area contributed by atoms with Crippen LogP contribution in [0, 0.1) is 0 Å². The minimum absolute atomic E-state index is 0.238. The fourth-order valence-electron chi connectivity index (χ4n) is 2.50. The highest BCUT2D eigenvalue weighted by Gasteiger charge is 2.27. The Morgan fingerprint density at radius 2 is 1.69 bits per heavy atom. The number of carbonyl (C=O) groups is 2. The summed E-state index contributed by atoms with van der Waals surface area (Å²) in [7, 11) is 1.53. The van der Waals surface area contributed by atoms with E-state index in [9.17, 15) is 9.59 Å². The van der Waals surface area contributed by atoms with Crippen LogP contribution in [0.25, 0.3) is 0 Å². The van der Waals surface area contributed by atoms with Crippen molar-refractivity contribution in [2.75, 3.05) is 13.7 Å². The van der Waals surface area contributed by atoms with Crippen LogP contribution in [0.4, 0.5) is 0 Å². The summed E-state index contributed by atoms with van der Waals surface area (Å²) in [5.74, 6) is -0.227. The summed E-state index contributed by atoms with van der Waals surface area (Å²) < 4.78 is 10.3. The number of methoxy groups -OCH3 is 1. The fourth-order valence-corrected chi connectivity index (χ4v) is 2.50. The number of benzene rings is 2. The van der Waals surface area contributed by atoms with E-state index in [1.165, 1.54) is 7.11 Å². The molecule has 0 saturated heterocycles. The second-order valence-electron chi connectivity index (χ2n) is 6.94. The van der Waals surface area contributed by atoms with Crippen molar-refractivity contribution in [3.63, 3.8) is 0 Å². The molecule has 5 heteroatoms. The molecule has 0 bridgehead atoms. The largest absolute Gasteiger partial charge is 0.497 e. The fraction of sp³-hybridized carbons (Fsp3) is 0.333. The molecule has 0 radical (unpaired) electrons. The van der Waals surface area contributed by atoms with Crippen molar-refractivity contribution < 1.29 is 19.1 Å². The van der Waals surface area contributed by atoms with Crippen molar-refractivity contribution in [1.29, 1.82) is 0 Å². The maximum atomic E-state index is 12.7. The van der Waals surface area contributed by atoms with E-state index in [0.717, 1.165) is 5.56 Å². The van der Waals surface area contributed by atoms with Gasteiger partial charge in [-0.1, -0.05) is 36.4 Å². The van der Waals surface area contributed by atoms with Crippen LogP contribution >= 0.6 is 0 Å². The number of ether oxygens (including phenoxy) is 2. The number of amides is 1. The third-order valence-corrected chi connectivity index (χ3v) is 3.93. The Kier molecular flexibility index (Phi) is 6.39. The van der Waals surface area contributed by atoms with Crippen molar-refractivity contribution >= 4 is 11.9 Å². The van der Waals surface area contributed by atoms with E-state index in [2.05, 4.69) is 0 Å². The van der Waals surface area contributed by atoms with Crippen LogP contribution < -0.4 is 4.74 Å². The van der Waals surface area contributed by atoms with E-state index in [1.807, 2.05) is 51.1 Å². The Labute approximate surface area is 154 Å². The van der Waals surface area contributed by atoms with Crippen molar-refractivity contribution in [2.45, 2.75) is 32.9 Å². The Balaban J connectivity index is 2.03. The molecule has 0 heterocycles. The number of hydrogen-bond acceptors (Lipinski definition) is 4. The van der Waals surface area contributed by atoms with Gasteiger partial charge in [0, 0.05) is 12.1 Å². The van der Waals surface area contributed by atoms with Crippen molar-refractivity contribution in [2.24, 2.45) is 0 Å². The third-order valence-electron chi connectivity index (χ3n) is 3.93. The minimum atomic E-state index is -0.550. The predicted molar refractivity (Wildman–Crippen MR) is 100 cm³/mol. The molecule has 1 amide bonds. The van der Waals surface area contributed by atoms with Gasteiger partial charge >= 0.3 is 5.97 Å². The molecule has 2 aromatic carbocycles. The standard InChI is InChI=1S/C21H25NO4/c1-21(2,3)22(14-16-9-6-5-7-10-16)19(23)15-26-20(24)17-11-8-12-18(13-17)25-4/h5-13H,14-15H2,1-4H3. The van der Waals surface area contributed by atoms with E-state index in [-0.39, 0.29) is 12.5 Å². The number of carbonyl (C=O) groups excluding carboxylic acids is 2. The zero-order valence-electron chi connectivity index (χ0n) is 15.7. The second kappa shape index (κ2) is 8.52. The van der Waals surface area contributed by atoms with Gasteiger partial charge < -0.3 is 14.4 Å². The molecule has 0 aliphatic heterocycles. The van der Waals surface area contributed by atoms with Gasteiger partial charge in [-0.25, -0.2) is 4.79 Å². The van der Waals surface area contributed by atoms with E-state index < -0.39 is 11.5 Å². The molecule has 0 saturated carbocycles. The quantitative estimate of drug-likeness (QED) is 0.742. The second-order valence-corrected chi connectivity index (χ2v) is 6.94. The van der Waals surface area contributed by atoms with Gasteiger partial charge in [-0.05, 0) is 44.5 Å². The predicted octanol–water partition coefficient (Wildman–Crippen LogP) is 3.68. The Morgan fingerprint density at radius 3 is 2.31 bits per heavy atom. The smallest absolute Gasteiger partial charge is 0.338 e. The van der Waals surface area contributed by atoms with E-state index >= 15 is 0 Å². The summed E-state index contributed by atoms with van der Waals surface area (Å²) >= 11 is 0. The Morgan fingerprint density at radius 1 is 1.00 bits per heavy atom. The molecule has 26 heavy (non-hydrogen) atoms. The van der Waals surface area contributed by atoms with Crippen LogP contribution in [0.5, 0.6) is 5.75 Å². The molecule has 5 nitrogen and oxygen atoms in total. The van der Waals surface area contributed by atoms with E-state index in [4.69, 9.17) is 9.47 Å². The molecule has 0 aromatic heterocycles. The molecule has 2 aromatic rings. The molecule has 2 rings (SSSR count). The molecule has 0 aliphatic rings. The summed E-state index contributed by atoms with van der Waals surface area (Å²) in [5.41, 5.74) is 0.979. The van der Waals surface area contributed by atoms with Crippen molar-refractivity contribution in [3.05, 3.63) is 65.7 Å². The molecular formula is C21H25NO4. The molecule has 0 fully saturated rings. The van der Waals surface area contributed by atoms with Gasteiger partial charge in [-0.15, -0.1) is 0 Å². The number of rotatable bonds is 6. The number of esters is 1. The van der Waals surface area contributed by atoms with Gasteiger partial charge in [0.25, 0.3) is 5.91 Å². The minimum Gasteiger partial charge on any atom is -0.497 e. The molecule has 138 valence electrons. The average Bonchev–Trinajstić information content (AvgIpc) is 2.63. The zero-order chi connectivity index (χ0) is 19.2. The van der Waals surface area contributed by atoms with Gasteiger partial charge in [0.15, 0.2) is 6.61 Å². The Bertz CT molecular complexity index is 750. The monoisotopic (exact) mass is 355 g/mol.